The molecule has 1 aromatic rings. The zero-order valence-corrected chi connectivity index (χ0v) is 11.1. The lowest BCUT2D eigenvalue weighted by molar-refractivity contribution is 0.183. The Kier molecular flexibility index (Phi) is 3.62. The highest BCUT2D eigenvalue weighted by Gasteiger charge is 2.25. The third kappa shape index (κ3) is 2.81. The molecular formula is C12H20N2OS. The largest absolute Gasteiger partial charge is 0.381 e. The van der Waals surface area contributed by atoms with Gasteiger partial charge in [-0.3, -0.25) is 0 Å². The van der Waals surface area contributed by atoms with Gasteiger partial charge in [0.1, 0.15) is 5.01 Å². The molecule has 0 aromatic carbocycles. The van der Waals surface area contributed by atoms with Gasteiger partial charge in [0.15, 0.2) is 0 Å². The van der Waals surface area contributed by atoms with Crippen molar-refractivity contribution in [1.29, 1.82) is 0 Å². The predicted molar refractivity (Wildman–Crippen MR) is 66.8 cm³/mol. The minimum absolute atomic E-state index is 0.0263. The van der Waals surface area contributed by atoms with Gasteiger partial charge in [0.2, 0.25) is 0 Å². The fourth-order valence-electron chi connectivity index (χ4n) is 1.86. The van der Waals surface area contributed by atoms with Gasteiger partial charge in [-0.15, -0.1) is 11.3 Å². The van der Waals surface area contributed by atoms with Crippen molar-refractivity contribution in [2.24, 2.45) is 5.92 Å². The van der Waals surface area contributed by atoms with E-state index >= 15 is 0 Å². The molecule has 0 radical (unpaired) electrons. The molecule has 2 heterocycles. The van der Waals surface area contributed by atoms with Crippen LogP contribution in [-0.2, 0) is 10.3 Å². The van der Waals surface area contributed by atoms with Gasteiger partial charge in [-0.05, 0) is 33.1 Å². The first-order chi connectivity index (χ1) is 7.58. The molecule has 0 bridgehead atoms. The van der Waals surface area contributed by atoms with Crippen LogP contribution in [0.5, 0.6) is 0 Å². The molecule has 1 aliphatic rings. The topological polar surface area (TPSA) is 34.1 Å². The predicted octanol–water partition coefficient (Wildman–Crippen LogP) is 2.31. The number of aryl methyl sites for hydroxylation is 1. The summed E-state index contributed by atoms with van der Waals surface area (Å²) in [5.41, 5.74) is 1.08. The van der Waals surface area contributed by atoms with Crippen LogP contribution < -0.4 is 5.32 Å². The third-order valence-corrected chi connectivity index (χ3v) is 4.29. The van der Waals surface area contributed by atoms with Crippen LogP contribution in [0.3, 0.4) is 0 Å². The Bertz CT molecular complexity index is 343. The molecular weight excluding hydrogens is 220 g/mol. The normalized spacial score (nSPS) is 21.6. The lowest BCUT2D eigenvalue weighted by atomic mass is 10.0. The van der Waals surface area contributed by atoms with E-state index in [0.717, 1.165) is 25.5 Å². The Hall–Kier alpha value is -0.450. The van der Waals surface area contributed by atoms with Crippen LogP contribution in [0.1, 0.15) is 31.0 Å². The molecule has 1 fully saturated rings. The number of ether oxygens (including phenoxy) is 1. The summed E-state index contributed by atoms with van der Waals surface area (Å²) in [7, 11) is 0. The molecule has 1 N–H and O–H groups in total. The second-order valence-electron chi connectivity index (χ2n) is 5.03. The number of hydrogen-bond acceptors (Lipinski definition) is 4. The SMILES string of the molecule is Cc1csc(C(C)(C)NC[C@@H]2CCOC2)n1. The van der Waals surface area contributed by atoms with E-state index in [4.69, 9.17) is 4.74 Å². The number of nitrogens with zero attached hydrogens (tertiary/aromatic N) is 1. The number of rotatable bonds is 4. The van der Waals surface area contributed by atoms with Gasteiger partial charge in [0.25, 0.3) is 0 Å². The number of nitrogens with one attached hydrogen (secondary N) is 1. The maximum Gasteiger partial charge on any atom is 0.112 e. The van der Waals surface area contributed by atoms with Crippen molar-refractivity contribution in [1.82, 2.24) is 10.3 Å². The second kappa shape index (κ2) is 4.82. The highest BCUT2D eigenvalue weighted by Crippen LogP contribution is 2.24. The number of hydrogen-bond donors (Lipinski definition) is 1. The van der Waals surface area contributed by atoms with Gasteiger partial charge in [-0.1, -0.05) is 0 Å². The van der Waals surface area contributed by atoms with Gasteiger partial charge >= 0.3 is 0 Å². The minimum atomic E-state index is -0.0263. The van der Waals surface area contributed by atoms with Crippen LogP contribution >= 0.6 is 11.3 Å². The van der Waals surface area contributed by atoms with E-state index in [2.05, 4.69) is 29.5 Å². The summed E-state index contributed by atoms with van der Waals surface area (Å²) >= 11 is 1.73. The molecule has 0 unspecified atom stereocenters. The second-order valence-corrected chi connectivity index (χ2v) is 5.89. The average molecular weight is 240 g/mol. The minimum Gasteiger partial charge on any atom is -0.381 e. The summed E-state index contributed by atoms with van der Waals surface area (Å²) in [6.45, 7) is 9.28. The molecule has 0 saturated carbocycles. The summed E-state index contributed by atoms with van der Waals surface area (Å²) < 4.78 is 5.38. The summed E-state index contributed by atoms with van der Waals surface area (Å²) in [6, 6.07) is 0. The van der Waals surface area contributed by atoms with Gasteiger partial charge in [0, 0.05) is 24.2 Å². The molecule has 2 rings (SSSR count). The first-order valence-corrected chi connectivity index (χ1v) is 6.71. The lowest BCUT2D eigenvalue weighted by Gasteiger charge is -2.25. The first-order valence-electron chi connectivity index (χ1n) is 5.83. The van der Waals surface area contributed by atoms with Crippen LogP contribution in [0.4, 0.5) is 0 Å². The van der Waals surface area contributed by atoms with E-state index in [-0.39, 0.29) is 5.54 Å². The highest BCUT2D eigenvalue weighted by molar-refractivity contribution is 7.09. The molecule has 0 spiro atoms. The molecule has 1 saturated heterocycles. The number of aromatic nitrogens is 1. The molecule has 90 valence electrons. The molecule has 1 atom stereocenters. The number of thiazole rings is 1. The van der Waals surface area contributed by atoms with Crippen LogP contribution in [0.25, 0.3) is 0 Å². The maximum absolute atomic E-state index is 5.38. The van der Waals surface area contributed by atoms with Crippen molar-refractivity contribution < 1.29 is 4.74 Å². The van der Waals surface area contributed by atoms with E-state index in [1.165, 1.54) is 11.4 Å². The first kappa shape index (κ1) is 12.0. The van der Waals surface area contributed by atoms with Crippen molar-refractivity contribution in [3.8, 4) is 0 Å². The Morgan fingerprint density at radius 1 is 1.62 bits per heavy atom. The standard InChI is InChI=1S/C12H20N2OS/c1-9-8-16-11(14-9)12(2,3)13-6-10-4-5-15-7-10/h8,10,13H,4-7H2,1-3H3/t10-/m0/s1. The molecule has 3 nitrogen and oxygen atoms in total. The summed E-state index contributed by atoms with van der Waals surface area (Å²) in [5.74, 6) is 0.667. The molecule has 0 aliphatic carbocycles. The van der Waals surface area contributed by atoms with Crippen molar-refractivity contribution in [2.45, 2.75) is 32.7 Å². The van der Waals surface area contributed by atoms with Crippen molar-refractivity contribution in [3.05, 3.63) is 16.1 Å². The fraction of sp³-hybridized carbons (Fsp3) is 0.750. The molecule has 4 heteroatoms. The van der Waals surface area contributed by atoms with E-state index in [9.17, 15) is 0 Å². The Labute approximate surface area is 101 Å². The Balaban J connectivity index is 1.91. The molecule has 16 heavy (non-hydrogen) atoms. The van der Waals surface area contributed by atoms with E-state index in [1.807, 2.05) is 6.92 Å². The van der Waals surface area contributed by atoms with E-state index in [0.29, 0.717) is 5.92 Å². The summed E-state index contributed by atoms with van der Waals surface area (Å²) in [4.78, 5) is 4.55. The van der Waals surface area contributed by atoms with E-state index < -0.39 is 0 Å². The zero-order chi connectivity index (χ0) is 11.6. The smallest absolute Gasteiger partial charge is 0.112 e. The van der Waals surface area contributed by atoms with Crippen molar-refractivity contribution in [2.75, 3.05) is 19.8 Å². The van der Waals surface area contributed by atoms with Crippen LogP contribution in [0.2, 0.25) is 0 Å². The Morgan fingerprint density at radius 3 is 3.00 bits per heavy atom. The highest BCUT2D eigenvalue weighted by atomic mass is 32.1. The molecule has 1 aliphatic heterocycles. The van der Waals surface area contributed by atoms with Crippen LogP contribution in [-0.4, -0.2) is 24.7 Å². The lowest BCUT2D eigenvalue weighted by Crippen LogP contribution is -2.39. The Morgan fingerprint density at radius 2 is 2.44 bits per heavy atom. The van der Waals surface area contributed by atoms with Gasteiger partial charge in [-0.2, -0.15) is 0 Å². The van der Waals surface area contributed by atoms with E-state index in [1.54, 1.807) is 11.3 Å². The molecule has 1 aromatic heterocycles. The van der Waals surface area contributed by atoms with Crippen LogP contribution in [0, 0.1) is 12.8 Å². The van der Waals surface area contributed by atoms with Crippen molar-refractivity contribution in [3.63, 3.8) is 0 Å². The van der Waals surface area contributed by atoms with Gasteiger partial charge in [0.05, 0.1) is 12.1 Å². The fourth-order valence-corrected chi connectivity index (χ4v) is 2.76. The summed E-state index contributed by atoms with van der Waals surface area (Å²) in [5, 5.41) is 6.88. The quantitative estimate of drug-likeness (QED) is 0.877. The van der Waals surface area contributed by atoms with Gasteiger partial charge in [-0.25, -0.2) is 4.98 Å². The third-order valence-electron chi connectivity index (χ3n) is 3.01. The van der Waals surface area contributed by atoms with Crippen molar-refractivity contribution >= 4 is 11.3 Å². The van der Waals surface area contributed by atoms with Gasteiger partial charge < -0.3 is 10.1 Å². The molecule has 0 amide bonds. The monoisotopic (exact) mass is 240 g/mol. The average Bonchev–Trinajstić information content (AvgIpc) is 2.85. The summed E-state index contributed by atoms with van der Waals surface area (Å²) in [6.07, 6.45) is 1.18. The van der Waals surface area contributed by atoms with Crippen LogP contribution in [0.15, 0.2) is 5.38 Å². The zero-order valence-electron chi connectivity index (χ0n) is 10.2. The maximum atomic E-state index is 5.38.